The summed E-state index contributed by atoms with van der Waals surface area (Å²) in [5.41, 5.74) is 2.39. The van der Waals surface area contributed by atoms with E-state index >= 15 is 0 Å². The van der Waals surface area contributed by atoms with Crippen molar-refractivity contribution in [2.45, 2.75) is 13.0 Å². The number of hydrogen-bond acceptors (Lipinski definition) is 2. The van der Waals surface area contributed by atoms with E-state index in [9.17, 15) is 0 Å². The van der Waals surface area contributed by atoms with Gasteiger partial charge in [-0.1, -0.05) is 0 Å². The molecule has 0 aliphatic carbocycles. The van der Waals surface area contributed by atoms with Crippen molar-refractivity contribution in [3.05, 3.63) is 57.9 Å². The maximum atomic E-state index is 4.02. The highest BCUT2D eigenvalue weighted by molar-refractivity contribution is 14.1. The molecule has 0 saturated heterocycles. The Balaban J connectivity index is 2.08. The topological polar surface area (TPSA) is 24.9 Å². The monoisotopic (exact) mass is 324 g/mol. The second kappa shape index (κ2) is 5.30. The van der Waals surface area contributed by atoms with Gasteiger partial charge in [0.15, 0.2) is 0 Å². The lowest BCUT2D eigenvalue weighted by Gasteiger charge is -2.15. The Hall–Kier alpha value is -1.10. The Morgan fingerprint density at radius 1 is 1.06 bits per heavy atom. The second-order valence-electron chi connectivity index (χ2n) is 3.65. The smallest absolute Gasteiger partial charge is 0.0486 e. The molecule has 2 nitrogen and oxygen atoms in total. The number of nitrogens with zero attached hydrogens (tertiary/aromatic N) is 1. The highest BCUT2D eigenvalue weighted by atomic mass is 127. The largest absolute Gasteiger partial charge is 0.379 e. The number of aromatic nitrogens is 1. The Morgan fingerprint density at radius 2 is 1.69 bits per heavy atom. The predicted molar refractivity (Wildman–Crippen MR) is 75.4 cm³/mol. The molecule has 0 saturated carbocycles. The summed E-state index contributed by atoms with van der Waals surface area (Å²) in [4.78, 5) is 4.02. The maximum Gasteiger partial charge on any atom is 0.0486 e. The Morgan fingerprint density at radius 3 is 2.31 bits per heavy atom. The molecule has 82 valence electrons. The van der Waals surface area contributed by atoms with Crippen LogP contribution in [0.25, 0.3) is 0 Å². The number of pyridine rings is 1. The molecule has 16 heavy (non-hydrogen) atoms. The van der Waals surface area contributed by atoms with Crippen molar-refractivity contribution < 1.29 is 0 Å². The lowest BCUT2D eigenvalue weighted by Crippen LogP contribution is -2.06. The molecule has 1 aromatic carbocycles. The Labute approximate surface area is 109 Å². The lowest BCUT2D eigenvalue weighted by atomic mass is 10.1. The zero-order valence-corrected chi connectivity index (χ0v) is 11.2. The van der Waals surface area contributed by atoms with Crippen LogP contribution in [-0.4, -0.2) is 4.98 Å². The summed E-state index contributed by atoms with van der Waals surface area (Å²) in [7, 11) is 0. The Bertz CT molecular complexity index is 439. The van der Waals surface area contributed by atoms with Crippen molar-refractivity contribution >= 4 is 28.3 Å². The third-order valence-corrected chi connectivity index (χ3v) is 3.15. The van der Waals surface area contributed by atoms with E-state index in [1.807, 2.05) is 24.5 Å². The first kappa shape index (κ1) is 11.4. The predicted octanol–water partition coefficient (Wildman–Crippen LogP) is 3.86. The summed E-state index contributed by atoms with van der Waals surface area (Å²) >= 11 is 2.31. The third kappa shape index (κ3) is 2.95. The van der Waals surface area contributed by atoms with E-state index in [1.165, 1.54) is 9.13 Å². The van der Waals surface area contributed by atoms with Gasteiger partial charge < -0.3 is 5.32 Å². The zero-order valence-electron chi connectivity index (χ0n) is 9.02. The average molecular weight is 324 g/mol. The van der Waals surface area contributed by atoms with Crippen LogP contribution >= 0.6 is 22.6 Å². The van der Waals surface area contributed by atoms with Gasteiger partial charge in [-0.3, -0.25) is 4.98 Å². The van der Waals surface area contributed by atoms with Gasteiger partial charge in [-0.25, -0.2) is 0 Å². The normalized spacial score (nSPS) is 12.1. The van der Waals surface area contributed by atoms with Crippen LogP contribution in [-0.2, 0) is 0 Å². The SMILES string of the molecule is CC(Nc1ccc(I)cc1)c1ccncc1. The van der Waals surface area contributed by atoms with E-state index in [0.29, 0.717) is 6.04 Å². The van der Waals surface area contributed by atoms with E-state index in [-0.39, 0.29) is 0 Å². The summed E-state index contributed by atoms with van der Waals surface area (Å²) in [5.74, 6) is 0. The third-order valence-electron chi connectivity index (χ3n) is 2.43. The molecule has 0 aliphatic heterocycles. The molecule has 0 spiro atoms. The molecule has 0 radical (unpaired) electrons. The molecule has 0 fully saturated rings. The molecule has 1 unspecified atom stereocenters. The van der Waals surface area contributed by atoms with Crippen LogP contribution in [0, 0.1) is 3.57 Å². The fourth-order valence-corrected chi connectivity index (χ4v) is 1.89. The molecule has 2 rings (SSSR count). The quantitative estimate of drug-likeness (QED) is 0.867. The lowest BCUT2D eigenvalue weighted by molar-refractivity contribution is 0.881. The standard InChI is InChI=1S/C13H13IN2/c1-10(11-6-8-15-9-7-11)16-13-4-2-12(14)3-5-13/h2-10,16H,1H3. The molecule has 1 atom stereocenters. The number of halogens is 1. The van der Waals surface area contributed by atoms with Gasteiger partial charge in [-0.05, 0) is 71.5 Å². The first-order valence-electron chi connectivity index (χ1n) is 5.18. The van der Waals surface area contributed by atoms with Crippen molar-refractivity contribution in [1.29, 1.82) is 0 Å². The van der Waals surface area contributed by atoms with Gasteiger partial charge in [0.05, 0.1) is 0 Å². The van der Waals surface area contributed by atoms with E-state index in [2.05, 4.69) is 64.1 Å². The first-order chi connectivity index (χ1) is 7.75. The summed E-state index contributed by atoms with van der Waals surface area (Å²) in [6, 6.07) is 12.8. The van der Waals surface area contributed by atoms with Gasteiger partial charge in [-0.15, -0.1) is 0 Å². The van der Waals surface area contributed by atoms with Crippen LogP contribution in [0.5, 0.6) is 0 Å². The van der Waals surface area contributed by atoms with E-state index in [0.717, 1.165) is 5.69 Å². The van der Waals surface area contributed by atoms with Gasteiger partial charge >= 0.3 is 0 Å². The van der Waals surface area contributed by atoms with Gasteiger partial charge in [0, 0.05) is 27.7 Å². The van der Waals surface area contributed by atoms with Gasteiger partial charge in [0.1, 0.15) is 0 Å². The highest BCUT2D eigenvalue weighted by Crippen LogP contribution is 2.19. The van der Waals surface area contributed by atoms with Crippen LogP contribution in [0.15, 0.2) is 48.8 Å². The zero-order chi connectivity index (χ0) is 11.4. The molecule has 0 aliphatic rings. The van der Waals surface area contributed by atoms with E-state index in [4.69, 9.17) is 0 Å². The van der Waals surface area contributed by atoms with Gasteiger partial charge in [-0.2, -0.15) is 0 Å². The molecule has 3 heteroatoms. The van der Waals surface area contributed by atoms with E-state index < -0.39 is 0 Å². The Kier molecular flexibility index (Phi) is 3.77. The van der Waals surface area contributed by atoms with Crippen LogP contribution in [0.1, 0.15) is 18.5 Å². The molecular formula is C13H13IN2. The first-order valence-corrected chi connectivity index (χ1v) is 6.25. The van der Waals surface area contributed by atoms with Crippen LogP contribution in [0.4, 0.5) is 5.69 Å². The van der Waals surface area contributed by atoms with Crippen LogP contribution < -0.4 is 5.32 Å². The number of rotatable bonds is 3. The maximum absolute atomic E-state index is 4.02. The number of hydrogen-bond donors (Lipinski definition) is 1. The van der Waals surface area contributed by atoms with Crippen molar-refractivity contribution in [2.75, 3.05) is 5.32 Å². The molecule has 0 bridgehead atoms. The van der Waals surface area contributed by atoms with Crippen molar-refractivity contribution in [3.8, 4) is 0 Å². The van der Waals surface area contributed by atoms with E-state index in [1.54, 1.807) is 0 Å². The van der Waals surface area contributed by atoms with Crippen molar-refractivity contribution in [2.24, 2.45) is 0 Å². The molecule has 1 heterocycles. The number of benzene rings is 1. The molecule has 1 N–H and O–H groups in total. The molecule has 2 aromatic rings. The number of anilines is 1. The van der Waals surface area contributed by atoms with Crippen molar-refractivity contribution in [1.82, 2.24) is 4.98 Å². The molecular weight excluding hydrogens is 311 g/mol. The van der Waals surface area contributed by atoms with Gasteiger partial charge in [0.25, 0.3) is 0 Å². The summed E-state index contributed by atoms with van der Waals surface area (Å²) in [6.45, 7) is 2.15. The fraction of sp³-hybridized carbons (Fsp3) is 0.154. The summed E-state index contributed by atoms with van der Waals surface area (Å²) < 4.78 is 1.25. The fourth-order valence-electron chi connectivity index (χ4n) is 1.53. The van der Waals surface area contributed by atoms with Gasteiger partial charge in [0.2, 0.25) is 0 Å². The molecule has 1 aromatic heterocycles. The minimum atomic E-state index is 0.295. The van der Waals surface area contributed by atoms with Crippen LogP contribution in [0.3, 0.4) is 0 Å². The molecule has 0 amide bonds. The summed E-state index contributed by atoms with van der Waals surface area (Å²) in [5, 5.41) is 3.45. The minimum Gasteiger partial charge on any atom is -0.379 e. The second-order valence-corrected chi connectivity index (χ2v) is 4.90. The summed E-state index contributed by atoms with van der Waals surface area (Å²) in [6.07, 6.45) is 3.64. The minimum absolute atomic E-state index is 0.295. The van der Waals surface area contributed by atoms with Crippen molar-refractivity contribution in [3.63, 3.8) is 0 Å². The highest BCUT2D eigenvalue weighted by Gasteiger charge is 2.03. The van der Waals surface area contributed by atoms with Crippen LogP contribution in [0.2, 0.25) is 0 Å². The number of nitrogens with one attached hydrogen (secondary N) is 1. The average Bonchev–Trinajstić information content (AvgIpc) is 2.33.